The molecule has 7 heteroatoms. The summed E-state index contributed by atoms with van der Waals surface area (Å²) in [6.45, 7) is 3.76. The Balaban J connectivity index is 2.66. The number of hydrogen-bond acceptors (Lipinski definition) is 3. The van der Waals surface area contributed by atoms with Crippen LogP contribution in [0.3, 0.4) is 0 Å². The lowest BCUT2D eigenvalue weighted by atomic mass is 9.94. The lowest BCUT2D eigenvalue weighted by Gasteiger charge is -2.35. The Morgan fingerprint density at radius 2 is 2.18 bits per heavy atom. The summed E-state index contributed by atoms with van der Waals surface area (Å²) in [5.41, 5.74) is 0.631. The van der Waals surface area contributed by atoms with Gasteiger partial charge >= 0.3 is 12.0 Å². The molecule has 2 rings (SSSR count). The number of methoxy groups -OCH3 is 1. The molecule has 2 amide bonds. The maximum absolute atomic E-state index is 14.2. The third-order valence-corrected chi connectivity index (χ3v) is 3.94. The van der Waals surface area contributed by atoms with Crippen LogP contribution in [0.25, 0.3) is 0 Å². The van der Waals surface area contributed by atoms with Crippen molar-refractivity contribution < 1.29 is 18.7 Å². The van der Waals surface area contributed by atoms with E-state index < -0.39 is 23.9 Å². The summed E-state index contributed by atoms with van der Waals surface area (Å²) in [6.07, 6.45) is 0. The minimum atomic E-state index is -0.989. The summed E-state index contributed by atoms with van der Waals surface area (Å²) < 4.78 is 19.0. The van der Waals surface area contributed by atoms with Crippen molar-refractivity contribution in [3.8, 4) is 0 Å². The predicted octanol–water partition coefficient (Wildman–Crippen LogP) is 3.01. The van der Waals surface area contributed by atoms with Crippen LogP contribution in [-0.2, 0) is 9.53 Å². The van der Waals surface area contributed by atoms with E-state index in [0.717, 1.165) is 0 Å². The molecular weight excluding hydrogens is 311 g/mol. The molecule has 118 valence electrons. The molecular formula is C15H16ClFN2O3. The van der Waals surface area contributed by atoms with Crippen molar-refractivity contribution in [1.82, 2.24) is 10.2 Å². The van der Waals surface area contributed by atoms with Gasteiger partial charge in [-0.3, -0.25) is 4.90 Å². The van der Waals surface area contributed by atoms with Crippen LogP contribution in [0.2, 0.25) is 5.02 Å². The molecule has 0 radical (unpaired) electrons. The van der Waals surface area contributed by atoms with Crippen LogP contribution in [0.15, 0.2) is 29.5 Å². The van der Waals surface area contributed by atoms with E-state index in [-0.39, 0.29) is 16.2 Å². The predicted molar refractivity (Wildman–Crippen MR) is 79.8 cm³/mol. The van der Waals surface area contributed by atoms with Gasteiger partial charge in [-0.25, -0.2) is 14.0 Å². The molecule has 0 spiro atoms. The molecule has 1 aromatic rings. The molecule has 5 nitrogen and oxygen atoms in total. The van der Waals surface area contributed by atoms with Crippen LogP contribution in [0, 0.1) is 5.82 Å². The van der Waals surface area contributed by atoms with Gasteiger partial charge in [0.1, 0.15) is 5.82 Å². The van der Waals surface area contributed by atoms with Crippen molar-refractivity contribution in [2.24, 2.45) is 0 Å². The average Bonchev–Trinajstić information content (AvgIpc) is 2.46. The number of carbonyl (C=O) groups excluding carboxylic acids is 2. The van der Waals surface area contributed by atoms with E-state index in [2.05, 4.69) is 5.32 Å². The molecule has 22 heavy (non-hydrogen) atoms. The van der Waals surface area contributed by atoms with Gasteiger partial charge in [-0.15, -0.1) is 0 Å². The molecule has 1 aliphatic rings. The van der Waals surface area contributed by atoms with Crippen LogP contribution >= 0.6 is 11.6 Å². The van der Waals surface area contributed by atoms with Gasteiger partial charge < -0.3 is 10.1 Å². The fraction of sp³-hybridized carbons (Fsp3) is 0.333. The van der Waals surface area contributed by atoms with Crippen molar-refractivity contribution in [3.63, 3.8) is 0 Å². The van der Waals surface area contributed by atoms with E-state index in [1.807, 2.05) is 0 Å². The minimum Gasteiger partial charge on any atom is -0.466 e. The van der Waals surface area contributed by atoms with E-state index >= 15 is 0 Å². The van der Waals surface area contributed by atoms with Gasteiger partial charge in [0.2, 0.25) is 0 Å². The molecule has 0 saturated carbocycles. The number of benzene rings is 1. The molecule has 1 aromatic carbocycles. The SMILES string of the molecule is CCN1C(=O)NC(c2c(F)cccc2Cl)C(C(=O)OC)=C1C. The molecule has 1 heterocycles. The highest BCUT2D eigenvalue weighted by molar-refractivity contribution is 6.31. The van der Waals surface area contributed by atoms with Crippen molar-refractivity contribution >= 4 is 23.6 Å². The van der Waals surface area contributed by atoms with E-state index in [0.29, 0.717) is 12.2 Å². The minimum absolute atomic E-state index is 0.0491. The molecule has 1 unspecified atom stereocenters. The van der Waals surface area contributed by atoms with E-state index in [9.17, 15) is 14.0 Å². The fourth-order valence-corrected chi connectivity index (χ4v) is 2.81. The Labute approximate surface area is 132 Å². The zero-order valence-corrected chi connectivity index (χ0v) is 13.2. The zero-order valence-electron chi connectivity index (χ0n) is 12.4. The number of carbonyl (C=O) groups is 2. The Bertz CT molecular complexity index is 640. The summed E-state index contributed by atoms with van der Waals surface area (Å²) in [7, 11) is 1.23. The van der Waals surface area contributed by atoms with Crippen LogP contribution in [0.5, 0.6) is 0 Å². The Kier molecular flexibility index (Phi) is 4.71. The number of nitrogens with zero attached hydrogens (tertiary/aromatic N) is 1. The van der Waals surface area contributed by atoms with Gasteiger partial charge in [-0.1, -0.05) is 17.7 Å². The van der Waals surface area contributed by atoms with Gasteiger partial charge in [-0.2, -0.15) is 0 Å². The molecule has 0 saturated heterocycles. The number of amides is 2. The second-order valence-corrected chi connectivity index (χ2v) is 5.16. The number of hydrogen-bond donors (Lipinski definition) is 1. The smallest absolute Gasteiger partial charge is 0.337 e. The highest BCUT2D eigenvalue weighted by Gasteiger charge is 2.37. The van der Waals surface area contributed by atoms with Crippen LogP contribution in [-0.4, -0.2) is 30.6 Å². The van der Waals surface area contributed by atoms with Crippen molar-refractivity contribution in [1.29, 1.82) is 0 Å². The number of esters is 1. The number of halogens is 2. The largest absolute Gasteiger partial charge is 0.466 e. The highest BCUT2D eigenvalue weighted by atomic mass is 35.5. The van der Waals surface area contributed by atoms with E-state index in [4.69, 9.17) is 16.3 Å². The molecule has 1 atom stereocenters. The molecule has 0 bridgehead atoms. The normalized spacial score (nSPS) is 18.3. The third kappa shape index (κ3) is 2.66. The lowest BCUT2D eigenvalue weighted by Crippen LogP contribution is -2.48. The first-order valence-corrected chi connectivity index (χ1v) is 7.11. The highest BCUT2D eigenvalue weighted by Crippen LogP contribution is 2.35. The maximum atomic E-state index is 14.2. The van der Waals surface area contributed by atoms with Crippen LogP contribution < -0.4 is 5.32 Å². The van der Waals surface area contributed by atoms with E-state index in [1.54, 1.807) is 13.8 Å². The van der Waals surface area contributed by atoms with Gasteiger partial charge in [0.25, 0.3) is 0 Å². The first-order chi connectivity index (χ1) is 10.4. The molecule has 1 N–H and O–H groups in total. The van der Waals surface area contributed by atoms with Gasteiger partial charge in [0.05, 0.1) is 18.7 Å². The lowest BCUT2D eigenvalue weighted by molar-refractivity contribution is -0.136. The van der Waals surface area contributed by atoms with E-state index in [1.165, 1.54) is 30.2 Å². The molecule has 0 fully saturated rings. The number of allylic oxidation sites excluding steroid dienone is 1. The Morgan fingerprint density at radius 1 is 1.50 bits per heavy atom. The summed E-state index contributed by atoms with van der Waals surface area (Å²) in [5.74, 6) is -1.24. The molecule has 0 aliphatic carbocycles. The Hall–Kier alpha value is -2.08. The van der Waals surface area contributed by atoms with Crippen molar-refractivity contribution in [2.75, 3.05) is 13.7 Å². The molecule has 0 aromatic heterocycles. The third-order valence-electron chi connectivity index (χ3n) is 3.61. The number of rotatable bonds is 3. The topological polar surface area (TPSA) is 58.6 Å². The summed E-state index contributed by atoms with van der Waals surface area (Å²) in [6, 6.07) is 2.78. The number of nitrogens with one attached hydrogen (secondary N) is 1. The Morgan fingerprint density at radius 3 is 2.73 bits per heavy atom. The van der Waals surface area contributed by atoms with Crippen molar-refractivity contribution in [2.45, 2.75) is 19.9 Å². The molecule has 1 aliphatic heterocycles. The van der Waals surface area contributed by atoms with Gasteiger partial charge in [-0.05, 0) is 26.0 Å². The quantitative estimate of drug-likeness (QED) is 0.869. The van der Waals surface area contributed by atoms with Gasteiger partial charge in [0, 0.05) is 22.8 Å². The number of ether oxygens (including phenoxy) is 1. The van der Waals surface area contributed by atoms with Crippen LogP contribution in [0.1, 0.15) is 25.5 Å². The zero-order chi connectivity index (χ0) is 16.4. The van der Waals surface area contributed by atoms with Crippen molar-refractivity contribution in [3.05, 3.63) is 45.9 Å². The maximum Gasteiger partial charge on any atom is 0.337 e. The van der Waals surface area contributed by atoms with Crippen LogP contribution in [0.4, 0.5) is 9.18 Å². The monoisotopic (exact) mass is 326 g/mol. The first kappa shape index (κ1) is 16.3. The number of urea groups is 1. The fourth-order valence-electron chi connectivity index (χ4n) is 2.54. The second-order valence-electron chi connectivity index (χ2n) is 4.75. The summed E-state index contributed by atoms with van der Waals surface area (Å²) >= 11 is 6.06. The average molecular weight is 327 g/mol. The summed E-state index contributed by atoms with van der Waals surface area (Å²) in [4.78, 5) is 25.7. The van der Waals surface area contributed by atoms with Gasteiger partial charge in [0.15, 0.2) is 0 Å². The second kappa shape index (κ2) is 6.36. The standard InChI is InChI=1S/C15H16ClFN2O3/c1-4-19-8(2)11(14(20)22-3)13(18-15(19)21)12-9(16)6-5-7-10(12)17/h5-7,13H,4H2,1-3H3,(H,18,21). The summed E-state index contributed by atoms with van der Waals surface area (Å²) in [5, 5.41) is 2.74. The first-order valence-electron chi connectivity index (χ1n) is 6.73.